The molecule has 0 spiro atoms. The Balaban J connectivity index is 1.66. The maximum Gasteiger partial charge on any atom is 0.258 e. The highest BCUT2D eigenvalue weighted by molar-refractivity contribution is 7.98. The Morgan fingerprint density at radius 1 is 1.17 bits per heavy atom. The number of carbonyl (C=O) groups excluding carboxylic acids is 2. The third-order valence-electron chi connectivity index (χ3n) is 4.90. The van der Waals surface area contributed by atoms with Gasteiger partial charge in [-0.1, -0.05) is 37.5 Å². The first-order chi connectivity index (χ1) is 14.2. The van der Waals surface area contributed by atoms with Gasteiger partial charge in [-0.15, -0.1) is 0 Å². The van der Waals surface area contributed by atoms with Crippen molar-refractivity contribution in [2.24, 2.45) is 0 Å². The van der Waals surface area contributed by atoms with Crippen molar-refractivity contribution in [1.29, 1.82) is 0 Å². The van der Waals surface area contributed by atoms with E-state index in [2.05, 4.69) is 10.6 Å². The second kappa shape index (κ2) is 14.3. The lowest BCUT2D eigenvalue weighted by molar-refractivity contribution is -0.130. The van der Waals surface area contributed by atoms with E-state index in [1.54, 1.807) is 23.9 Å². The van der Waals surface area contributed by atoms with Crippen LogP contribution in [0.25, 0.3) is 0 Å². The minimum Gasteiger partial charge on any atom is -0.484 e. The Bertz CT molecular complexity index is 594. The first-order valence-corrected chi connectivity index (χ1v) is 11.9. The summed E-state index contributed by atoms with van der Waals surface area (Å²) in [5.41, 5.74) is 0. The molecule has 0 bridgehead atoms. The molecule has 0 aromatic heterocycles. The summed E-state index contributed by atoms with van der Waals surface area (Å²) < 4.78 is 11.3. The van der Waals surface area contributed by atoms with Gasteiger partial charge in [-0.3, -0.25) is 9.59 Å². The molecule has 1 aliphatic carbocycles. The molecule has 1 saturated carbocycles. The smallest absolute Gasteiger partial charge is 0.258 e. The normalized spacial score (nSPS) is 15.5. The zero-order valence-electron chi connectivity index (χ0n) is 17.4. The Kier molecular flexibility index (Phi) is 11.6. The van der Waals surface area contributed by atoms with Crippen molar-refractivity contribution in [3.05, 3.63) is 30.3 Å². The van der Waals surface area contributed by atoms with Crippen molar-refractivity contribution in [2.45, 2.75) is 57.1 Å². The SMILES string of the molecule is CSCCC(NC(=O)COc1ccccc1)C(=O)NCCCOC1CCCCC1. The fourth-order valence-corrected chi connectivity index (χ4v) is 3.77. The van der Waals surface area contributed by atoms with E-state index >= 15 is 0 Å². The van der Waals surface area contributed by atoms with E-state index in [4.69, 9.17) is 9.47 Å². The van der Waals surface area contributed by atoms with Gasteiger partial charge in [0.05, 0.1) is 6.10 Å². The summed E-state index contributed by atoms with van der Waals surface area (Å²) in [7, 11) is 0. The zero-order chi connectivity index (χ0) is 20.7. The summed E-state index contributed by atoms with van der Waals surface area (Å²) in [6.07, 6.45) is 9.87. The quantitative estimate of drug-likeness (QED) is 0.478. The van der Waals surface area contributed by atoms with Crippen LogP contribution in [0.15, 0.2) is 30.3 Å². The van der Waals surface area contributed by atoms with Crippen molar-refractivity contribution < 1.29 is 19.1 Å². The standard InChI is InChI=1S/C22H34N2O4S/c1-29-16-13-20(24-21(25)17-28-19-11-6-3-7-12-19)22(26)23-14-8-15-27-18-9-4-2-5-10-18/h3,6-7,11-12,18,20H,2,4-5,8-10,13-17H2,1H3,(H,23,26)(H,24,25). The van der Waals surface area contributed by atoms with Crippen LogP contribution in [0.3, 0.4) is 0 Å². The molecule has 0 heterocycles. The largest absolute Gasteiger partial charge is 0.484 e. The van der Waals surface area contributed by atoms with Gasteiger partial charge in [0, 0.05) is 13.2 Å². The summed E-state index contributed by atoms with van der Waals surface area (Å²) in [5, 5.41) is 5.72. The highest BCUT2D eigenvalue weighted by Crippen LogP contribution is 2.20. The molecule has 0 aliphatic heterocycles. The number of hydrogen-bond acceptors (Lipinski definition) is 5. The number of thioether (sulfide) groups is 1. The van der Waals surface area contributed by atoms with Gasteiger partial charge in [0.2, 0.25) is 5.91 Å². The van der Waals surface area contributed by atoms with Crippen molar-refractivity contribution in [2.75, 3.05) is 31.8 Å². The molecular weight excluding hydrogens is 388 g/mol. The summed E-state index contributed by atoms with van der Waals surface area (Å²) in [4.78, 5) is 24.7. The van der Waals surface area contributed by atoms with Gasteiger partial charge in [-0.2, -0.15) is 11.8 Å². The lowest BCUT2D eigenvalue weighted by atomic mass is 9.98. The van der Waals surface area contributed by atoms with Crippen LogP contribution in [0.4, 0.5) is 0 Å². The second-order valence-corrected chi connectivity index (χ2v) is 8.26. The van der Waals surface area contributed by atoms with Crippen LogP contribution >= 0.6 is 11.8 Å². The van der Waals surface area contributed by atoms with E-state index in [9.17, 15) is 9.59 Å². The zero-order valence-corrected chi connectivity index (χ0v) is 18.2. The van der Waals surface area contributed by atoms with Crippen LogP contribution < -0.4 is 15.4 Å². The molecule has 29 heavy (non-hydrogen) atoms. The average Bonchev–Trinajstić information content (AvgIpc) is 2.76. The molecule has 7 heteroatoms. The van der Waals surface area contributed by atoms with Crippen LogP contribution in [-0.4, -0.2) is 55.7 Å². The topological polar surface area (TPSA) is 76.7 Å². The molecule has 2 N–H and O–H groups in total. The van der Waals surface area contributed by atoms with E-state index in [1.807, 2.05) is 24.5 Å². The van der Waals surface area contributed by atoms with Crippen molar-refractivity contribution in [1.82, 2.24) is 10.6 Å². The van der Waals surface area contributed by atoms with Gasteiger partial charge in [-0.05, 0) is 49.8 Å². The van der Waals surface area contributed by atoms with E-state index in [-0.39, 0.29) is 18.4 Å². The second-order valence-electron chi connectivity index (χ2n) is 7.28. The maximum absolute atomic E-state index is 12.5. The molecule has 2 amide bonds. The first kappa shape index (κ1) is 23.5. The fourth-order valence-electron chi connectivity index (χ4n) is 3.29. The maximum atomic E-state index is 12.5. The Morgan fingerprint density at radius 3 is 2.66 bits per heavy atom. The van der Waals surface area contributed by atoms with Gasteiger partial charge in [0.15, 0.2) is 6.61 Å². The predicted molar refractivity (Wildman–Crippen MR) is 117 cm³/mol. The van der Waals surface area contributed by atoms with E-state index in [1.165, 1.54) is 19.3 Å². The van der Waals surface area contributed by atoms with Crippen LogP contribution in [0.5, 0.6) is 5.75 Å². The number of amides is 2. The summed E-state index contributed by atoms with van der Waals surface area (Å²) in [6.45, 7) is 1.11. The number of hydrogen-bond donors (Lipinski definition) is 2. The Hall–Kier alpha value is -1.73. The number of ether oxygens (including phenoxy) is 2. The number of nitrogens with one attached hydrogen (secondary N) is 2. The Labute approximate surface area is 178 Å². The number of carbonyl (C=O) groups is 2. The van der Waals surface area contributed by atoms with Crippen LogP contribution in [-0.2, 0) is 14.3 Å². The minimum atomic E-state index is -0.548. The highest BCUT2D eigenvalue weighted by atomic mass is 32.2. The van der Waals surface area contributed by atoms with E-state index in [0.29, 0.717) is 31.4 Å². The molecule has 162 valence electrons. The molecule has 1 unspecified atom stereocenters. The molecule has 1 aromatic carbocycles. The monoisotopic (exact) mass is 422 g/mol. The van der Waals surface area contributed by atoms with Gasteiger partial charge in [0.1, 0.15) is 11.8 Å². The van der Waals surface area contributed by atoms with Crippen molar-refractivity contribution in [3.8, 4) is 5.75 Å². The highest BCUT2D eigenvalue weighted by Gasteiger charge is 2.20. The summed E-state index contributed by atoms with van der Waals surface area (Å²) in [6, 6.07) is 8.62. The number of rotatable bonds is 13. The molecule has 1 atom stereocenters. The van der Waals surface area contributed by atoms with Gasteiger partial charge in [0.25, 0.3) is 5.91 Å². The molecule has 0 radical (unpaired) electrons. The molecule has 1 aromatic rings. The first-order valence-electron chi connectivity index (χ1n) is 10.5. The molecule has 1 fully saturated rings. The summed E-state index contributed by atoms with van der Waals surface area (Å²) in [5.74, 6) is 0.981. The van der Waals surface area contributed by atoms with Crippen molar-refractivity contribution >= 4 is 23.6 Å². The van der Waals surface area contributed by atoms with Crippen molar-refractivity contribution in [3.63, 3.8) is 0 Å². The molecule has 0 saturated heterocycles. The Morgan fingerprint density at radius 2 is 1.93 bits per heavy atom. The number of benzene rings is 1. The lowest BCUT2D eigenvalue weighted by Crippen LogP contribution is -2.48. The van der Waals surface area contributed by atoms with Gasteiger partial charge >= 0.3 is 0 Å². The molecular formula is C22H34N2O4S. The van der Waals surface area contributed by atoms with E-state index in [0.717, 1.165) is 25.0 Å². The molecule has 2 rings (SSSR count). The lowest BCUT2D eigenvalue weighted by Gasteiger charge is -2.22. The van der Waals surface area contributed by atoms with Crippen LogP contribution in [0.1, 0.15) is 44.9 Å². The van der Waals surface area contributed by atoms with Crippen LogP contribution in [0.2, 0.25) is 0 Å². The minimum absolute atomic E-state index is 0.109. The average molecular weight is 423 g/mol. The fraction of sp³-hybridized carbons (Fsp3) is 0.636. The third kappa shape index (κ3) is 10.0. The van der Waals surface area contributed by atoms with Gasteiger partial charge in [-0.25, -0.2) is 0 Å². The van der Waals surface area contributed by atoms with Crippen LogP contribution in [0, 0.1) is 0 Å². The molecule has 1 aliphatic rings. The third-order valence-corrected chi connectivity index (χ3v) is 5.55. The molecule has 6 nitrogen and oxygen atoms in total. The predicted octanol–water partition coefficient (Wildman–Crippen LogP) is 3.16. The summed E-state index contributed by atoms with van der Waals surface area (Å²) >= 11 is 1.65. The van der Waals surface area contributed by atoms with E-state index < -0.39 is 6.04 Å². The van der Waals surface area contributed by atoms with Gasteiger partial charge < -0.3 is 20.1 Å². The number of para-hydroxylation sites is 1.